The number of furan rings is 1. The van der Waals surface area contributed by atoms with Crippen LogP contribution in [0.15, 0.2) is 44.2 Å². The fourth-order valence-corrected chi connectivity index (χ4v) is 3.71. The van der Waals surface area contributed by atoms with Gasteiger partial charge in [0.1, 0.15) is 12.4 Å². The number of hydrogen-bond donors (Lipinski definition) is 0. The van der Waals surface area contributed by atoms with Gasteiger partial charge in [0.15, 0.2) is 28.4 Å². The lowest BCUT2D eigenvalue weighted by Crippen LogP contribution is -2.15. The zero-order valence-electron chi connectivity index (χ0n) is 14.2. The van der Waals surface area contributed by atoms with Crippen molar-refractivity contribution in [3.63, 3.8) is 0 Å². The fourth-order valence-electron chi connectivity index (χ4n) is 3.71. The summed E-state index contributed by atoms with van der Waals surface area (Å²) in [4.78, 5) is 13.4. The molecule has 0 aliphatic carbocycles. The smallest absolute Gasteiger partial charge is 0.231 e. The van der Waals surface area contributed by atoms with E-state index in [4.69, 9.17) is 27.8 Å². The predicted octanol–water partition coefficient (Wildman–Crippen LogP) is 3.84. The van der Waals surface area contributed by atoms with Crippen molar-refractivity contribution in [3.05, 3.63) is 46.5 Å². The highest BCUT2D eigenvalue weighted by atomic mass is 16.7. The molecule has 4 aromatic rings. The zero-order chi connectivity index (χ0) is 18.1. The number of benzene rings is 2. The lowest BCUT2D eigenvalue weighted by molar-refractivity contribution is 0.173. The van der Waals surface area contributed by atoms with E-state index in [-0.39, 0.29) is 18.8 Å². The molecule has 7 heteroatoms. The molecule has 0 bridgehead atoms. The number of fused-ring (bicyclic) bond motifs is 6. The number of hydrogen-bond acceptors (Lipinski definition) is 7. The molecule has 6 rings (SSSR count). The van der Waals surface area contributed by atoms with Crippen molar-refractivity contribution in [1.82, 2.24) is 0 Å². The topological polar surface area (TPSA) is 80.3 Å². The monoisotopic (exact) mass is 364 g/mol. The molecule has 0 atom stereocenters. The van der Waals surface area contributed by atoms with Gasteiger partial charge in [0.25, 0.3) is 0 Å². The van der Waals surface area contributed by atoms with E-state index >= 15 is 0 Å². The maximum atomic E-state index is 13.4. The third-order valence-electron chi connectivity index (χ3n) is 4.94. The molecule has 7 nitrogen and oxygen atoms in total. The molecule has 2 aromatic heterocycles. The lowest BCUT2D eigenvalue weighted by Gasteiger charge is -2.20. The van der Waals surface area contributed by atoms with Crippen LogP contribution >= 0.6 is 0 Å². The first-order valence-corrected chi connectivity index (χ1v) is 8.35. The van der Waals surface area contributed by atoms with Crippen LogP contribution in [0.25, 0.3) is 33.1 Å². The summed E-state index contributed by atoms with van der Waals surface area (Å²) in [5.41, 5.74) is 1.82. The Morgan fingerprint density at radius 3 is 2.70 bits per heavy atom. The van der Waals surface area contributed by atoms with Crippen molar-refractivity contribution in [2.24, 2.45) is 0 Å². The van der Waals surface area contributed by atoms with Crippen LogP contribution in [0.2, 0.25) is 0 Å². The molecular weight excluding hydrogens is 352 g/mol. The van der Waals surface area contributed by atoms with Crippen LogP contribution in [0.5, 0.6) is 23.0 Å². The Balaban J connectivity index is 1.72. The van der Waals surface area contributed by atoms with E-state index in [9.17, 15) is 4.79 Å². The first kappa shape index (κ1) is 14.5. The largest absolute Gasteiger partial charge is 0.490 e. The van der Waals surface area contributed by atoms with Gasteiger partial charge in [-0.15, -0.1) is 0 Å². The van der Waals surface area contributed by atoms with Gasteiger partial charge in [-0.1, -0.05) is 0 Å². The van der Waals surface area contributed by atoms with Gasteiger partial charge in [0, 0.05) is 17.0 Å². The van der Waals surface area contributed by atoms with E-state index in [1.165, 1.54) is 7.11 Å². The molecule has 134 valence electrons. The van der Waals surface area contributed by atoms with Crippen molar-refractivity contribution in [2.75, 3.05) is 13.9 Å². The second-order valence-corrected chi connectivity index (χ2v) is 6.35. The highest BCUT2D eigenvalue weighted by molar-refractivity contribution is 6.01. The van der Waals surface area contributed by atoms with Gasteiger partial charge in [-0.2, -0.15) is 0 Å². The maximum Gasteiger partial charge on any atom is 0.231 e. The average molecular weight is 364 g/mol. The van der Waals surface area contributed by atoms with E-state index in [0.717, 1.165) is 5.39 Å². The Morgan fingerprint density at radius 1 is 1.00 bits per heavy atom. The second-order valence-electron chi connectivity index (χ2n) is 6.35. The lowest BCUT2D eigenvalue weighted by atomic mass is 9.98. The van der Waals surface area contributed by atoms with Crippen LogP contribution < -0.4 is 24.4 Å². The van der Waals surface area contributed by atoms with Crippen LogP contribution in [-0.2, 0) is 6.61 Å². The second kappa shape index (κ2) is 4.97. The summed E-state index contributed by atoms with van der Waals surface area (Å²) in [5.74, 6) is 2.57. The highest BCUT2D eigenvalue weighted by Gasteiger charge is 2.29. The number of ether oxygens (including phenoxy) is 4. The van der Waals surface area contributed by atoms with E-state index in [1.807, 2.05) is 0 Å². The molecule has 0 saturated heterocycles. The summed E-state index contributed by atoms with van der Waals surface area (Å²) < 4.78 is 33.7. The van der Waals surface area contributed by atoms with Crippen LogP contribution in [0.3, 0.4) is 0 Å². The Morgan fingerprint density at radius 2 is 1.85 bits per heavy atom. The maximum absolute atomic E-state index is 13.4. The number of rotatable bonds is 1. The summed E-state index contributed by atoms with van der Waals surface area (Å²) in [7, 11) is 1.52. The minimum Gasteiger partial charge on any atom is -0.490 e. The van der Waals surface area contributed by atoms with Gasteiger partial charge in [-0.3, -0.25) is 4.79 Å². The van der Waals surface area contributed by atoms with Gasteiger partial charge in [-0.25, -0.2) is 0 Å². The van der Waals surface area contributed by atoms with Crippen molar-refractivity contribution in [2.45, 2.75) is 6.61 Å². The Hall–Kier alpha value is -3.61. The third-order valence-corrected chi connectivity index (χ3v) is 4.94. The van der Waals surface area contributed by atoms with E-state index in [0.29, 0.717) is 56.4 Å². The molecule has 2 aromatic carbocycles. The summed E-state index contributed by atoms with van der Waals surface area (Å²) in [5, 5.41) is 1.19. The van der Waals surface area contributed by atoms with Crippen molar-refractivity contribution < 1.29 is 27.8 Å². The third kappa shape index (κ3) is 1.83. The Kier molecular flexibility index (Phi) is 2.68. The Bertz CT molecular complexity index is 1310. The SMILES string of the molecule is COc1c2occc2cc2c(=O)c3c(oc12)COc1cc2c(cc1-3)OCO2. The molecule has 2 aliphatic heterocycles. The van der Waals surface area contributed by atoms with E-state index in [1.54, 1.807) is 30.5 Å². The average Bonchev–Trinajstić information content (AvgIpc) is 3.33. The normalized spacial score (nSPS) is 14.1. The van der Waals surface area contributed by atoms with Gasteiger partial charge in [-0.05, 0) is 18.2 Å². The predicted molar refractivity (Wildman–Crippen MR) is 94.7 cm³/mol. The zero-order valence-corrected chi connectivity index (χ0v) is 14.2. The molecule has 27 heavy (non-hydrogen) atoms. The first-order chi connectivity index (χ1) is 13.2. The molecule has 0 amide bonds. The van der Waals surface area contributed by atoms with E-state index < -0.39 is 0 Å². The minimum absolute atomic E-state index is 0.131. The van der Waals surface area contributed by atoms with Crippen molar-refractivity contribution in [1.29, 1.82) is 0 Å². The number of methoxy groups -OCH3 is 1. The van der Waals surface area contributed by atoms with Gasteiger partial charge in [0.05, 0.1) is 24.3 Å². The van der Waals surface area contributed by atoms with Crippen LogP contribution in [-0.4, -0.2) is 13.9 Å². The molecule has 0 saturated carbocycles. The van der Waals surface area contributed by atoms with E-state index in [2.05, 4.69) is 0 Å². The van der Waals surface area contributed by atoms with Crippen LogP contribution in [0.4, 0.5) is 0 Å². The molecule has 4 heterocycles. The van der Waals surface area contributed by atoms with Crippen LogP contribution in [0.1, 0.15) is 5.76 Å². The molecule has 0 spiro atoms. The van der Waals surface area contributed by atoms with Gasteiger partial charge >= 0.3 is 0 Å². The summed E-state index contributed by atoms with van der Waals surface area (Å²) in [6.45, 7) is 0.277. The minimum atomic E-state index is -0.156. The molecule has 0 radical (unpaired) electrons. The molecule has 0 N–H and O–H groups in total. The summed E-state index contributed by atoms with van der Waals surface area (Å²) in [6.07, 6.45) is 1.55. The van der Waals surface area contributed by atoms with Gasteiger partial charge < -0.3 is 27.8 Å². The molecular formula is C20H12O7. The fraction of sp³-hybridized carbons (Fsp3) is 0.150. The Labute approximate surface area is 151 Å². The molecule has 0 unspecified atom stereocenters. The molecule has 0 fully saturated rings. The van der Waals surface area contributed by atoms with Gasteiger partial charge in [0.2, 0.25) is 18.0 Å². The summed E-state index contributed by atoms with van der Waals surface area (Å²) >= 11 is 0. The standard InChI is InChI=1S/C20H12O7/c1-22-20-18-9(2-3-23-18)4-11-17(21)16-10-5-13-14(26-8-25-13)6-12(10)24-7-15(16)27-19(11)20/h2-6H,7-8H2,1H3. The van der Waals surface area contributed by atoms with Crippen molar-refractivity contribution in [3.8, 4) is 34.1 Å². The molecule has 2 aliphatic rings. The van der Waals surface area contributed by atoms with Crippen LogP contribution in [0, 0.1) is 0 Å². The summed E-state index contributed by atoms with van der Waals surface area (Å²) in [6, 6.07) is 7.03. The van der Waals surface area contributed by atoms with Crippen molar-refractivity contribution >= 4 is 21.9 Å². The highest BCUT2D eigenvalue weighted by Crippen LogP contribution is 2.46. The quantitative estimate of drug-likeness (QED) is 0.508. The first-order valence-electron chi connectivity index (χ1n) is 8.35.